The molecule has 1 aromatic heterocycles. The molecule has 1 rings (SSSR count). The lowest BCUT2D eigenvalue weighted by molar-refractivity contribution is 0.301. The predicted octanol–water partition coefficient (Wildman–Crippen LogP) is 0.509. The molecule has 0 unspecified atom stereocenters. The summed E-state index contributed by atoms with van der Waals surface area (Å²) in [5, 5.41) is 8.90. The molecule has 14 heavy (non-hydrogen) atoms. The molecule has 0 saturated heterocycles. The number of H-pyrrole nitrogens is 1. The number of aliphatic hydroxyl groups is 1. The van der Waals surface area contributed by atoms with Gasteiger partial charge in [0, 0.05) is 13.1 Å². The Morgan fingerprint density at radius 2 is 2.21 bits per heavy atom. The van der Waals surface area contributed by atoms with Gasteiger partial charge in [0.15, 0.2) is 5.82 Å². The number of rotatable bonds is 5. The predicted molar refractivity (Wildman–Crippen MR) is 57.3 cm³/mol. The quantitative estimate of drug-likeness (QED) is 0.644. The second-order valence-corrected chi connectivity index (χ2v) is 3.27. The molecule has 0 fully saturated rings. The molecule has 0 radical (unpaired) electrons. The molecule has 0 aliphatic carbocycles. The number of nitrogens with one attached hydrogen (secondary N) is 1. The van der Waals surface area contributed by atoms with Crippen molar-refractivity contribution in [3.63, 3.8) is 0 Å². The molecule has 0 aliphatic heterocycles. The SMILES string of the molecule is CCCN(CCO)c1nc(C)[nH]c1N. The molecule has 0 bridgehead atoms. The van der Waals surface area contributed by atoms with Gasteiger partial charge in [-0.15, -0.1) is 0 Å². The first-order valence-corrected chi connectivity index (χ1v) is 4.87. The van der Waals surface area contributed by atoms with E-state index in [4.69, 9.17) is 10.8 Å². The van der Waals surface area contributed by atoms with E-state index in [1.54, 1.807) is 0 Å². The van der Waals surface area contributed by atoms with E-state index in [1.165, 1.54) is 0 Å². The van der Waals surface area contributed by atoms with Crippen LogP contribution in [0.15, 0.2) is 0 Å². The molecule has 5 heteroatoms. The van der Waals surface area contributed by atoms with Crippen LogP contribution in [0.2, 0.25) is 0 Å². The molecule has 1 aromatic rings. The number of anilines is 2. The minimum absolute atomic E-state index is 0.116. The van der Waals surface area contributed by atoms with E-state index in [2.05, 4.69) is 16.9 Å². The van der Waals surface area contributed by atoms with E-state index in [0.29, 0.717) is 12.4 Å². The molecule has 4 N–H and O–H groups in total. The summed E-state index contributed by atoms with van der Waals surface area (Å²) in [7, 11) is 0. The number of aromatic amines is 1. The van der Waals surface area contributed by atoms with Crippen molar-refractivity contribution in [1.82, 2.24) is 9.97 Å². The first-order valence-electron chi connectivity index (χ1n) is 4.87. The number of imidazole rings is 1. The number of hydrogen-bond donors (Lipinski definition) is 3. The van der Waals surface area contributed by atoms with E-state index in [1.807, 2.05) is 11.8 Å². The van der Waals surface area contributed by atoms with Crippen LogP contribution in [0.3, 0.4) is 0 Å². The minimum atomic E-state index is 0.116. The van der Waals surface area contributed by atoms with Crippen molar-refractivity contribution in [3.8, 4) is 0 Å². The van der Waals surface area contributed by atoms with Crippen molar-refractivity contribution >= 4 is 11.6 Å². The summed E-state index contributed by atoms with van der Waals surface area (Å²) in [5.74, 6) is 2.12. The van der Waals surface area contributed by atoms with Crippen LogP contribution in [0.1, 0.15) is 19.2 Å². The van der Waals surface area contributed by atoms with Gasteiger partial charge in [0.1, 0.15) is 11.6 Å². The first kappa shape index (κ1) is 10.8. The van der Waals surface area contributed by atoms with Crippen LogP contribution in [-0.4, -0.2) is 34.8 Å². The third-order valence-corrected chi connectivity index (χ3v) is 1.99. The Hall–Kier alpha value is -1.23. The Morgan fingerprint density at radius 3 is 2.64 bits per heavy atom. The highest BCUT2D eigenvalue weighted by atomic mass is 16.3. The summed E-state index contributed by atoms with van der Waals surface area (Å²) in [6.45, 7) is 5.49. The van der Waals surface area contributed by atoms with Crippen LogP contribution in [-0.2, 0) is 0 Å². The summed E-state index contributed by atoms with van der Waals surface area (Å²) >= 11 is 0. The summed E-state index contributed by atoms with van der Waals surface area (Å²) < 4.78 is 0. The number of aryl methyl sites for hydroxylation is 1. The molecular formula is C9H18N4O. The summed E-state index contributed by atoms with van der Waals surface area (Å²) in [4.78, 5) is 9.22. The topological polar surface area (TPSA) is 78.2 Å². The zero-order valence-electron chi connectivity index (χ0n) is 8.75. The van der Waals surface area contributed by atoms with E-state index in [-0.39, 0.29) is 6.61 Å². The Kier molecular flexibility index (Phi) is 3.76. The standard InChI is InChI=1S/C9H18N4O/c1-3-4-13(5-6-14)9-8(10)11-7(2)12-9/h14H,3-6,10H2,1-2H3,(H,11,12). The van der Waals surface area contributed by atoms with Crippen molar-refractivity contribution in [2.75, 3.05) is 30.3 Å². The van der Waals surface area contributed by atoms with Crippen LogP contribution < -0.4 is 10.6 Å². The number of aromatic nitrogens is 2. The molecule has 0 spiro atoms. The molecule has 80 valence electrons. The zero-order chi connectivity index (χ0) is 10.6. The summed E-state index contributed by atoms with van der Waals surface area (Å²) in [5.41, 5.74) is 5.76. The molecule has 5 nitrogen and oxygen atoms in total. The van der Waals surface area contributed by atoms with Crippen LogP contribution in [0.25, 0.3) is 0 Å². The van der Waals surface area contributed by atoms with Crippen molar-refractivity contribution in [3.05, 3.63) is 5.82 Å². The maximum atomic E-state index is 8.90. The third-order valence-electron chi connectivity index (χ3n) is 1.99. The van der Waals surface area contributed by atoms with E-state index in [9.17, 15) is 0 Å². The number of aliphatic hydroxyl groups excluding tert-OH is 1. The fourth-order valence-corrected chi connectivity index (χ4v) is 1.45. The maximum absolute atomic E-state index is 8.90. The zero-order valence-corrected chi connectivity index (χ0v) is 8.75. The molecule has 0 aromatic carbocycles. The van der Waals surface area contributed by atoms with Crippen molar-refractivity contribution in [1.29, 1.82) is 0 Å². The van der Waals surface area contributed by atoms with Gasteiger partial charge in [-0.2, -0.15) is 0 Å². The summed E-state index contributed by atoms with van der Waals surface area (Å²) in [6, 6.07) is 0. The van der Waals surface area contributed by atoms with Crippen LogP contribution in [0, 0.1) is 6.92 Å². The van der Waals surface area contributed by atoms with Crippen molar-refractivity contribution in [2.24, 2.45) is 0 Å². The van der Waals surface area contributed by atoms with E-state index >= 15 is 0 Å². The molecular weight excluding hydrogens is 180 g/mol. The minimum Gasteiger partial charge on any atom is -0.395 e. The van der Waals surface area contributed by atoms with Gasteiger partial charge in [0.25, 0.3) is 0 Å². The lowest BCUT2D eigenvalue weighted by Gasteiger charge is -2.20. The Labute approximate surface area is 83.9 Å². The highest BCUT2D eigenvalue weighted by Gasteiger charge is 2.12. The Morgan fingerprint density at radius 1 is 1.50 bits per heavy atom. The van der Waals surface area contributed by atoms with Gasteiger partial charge in [-0.05, 0) is 13.3 Å². The Bertz CT molecular complexity index is 278. The van der Waals surface area contributed by atoms with Crippen molar-refractivity contribution < 1.29 is 5.11 Å². The van der Waals surface area contributed by atoms with Gasteiger partial charge in [-0.3, -0.25) is 0 Å². The molecule has 1 heterocycles. The smallest absolute Gasteiger partial charge is 0.171 e. The average molecular weight is 198 g/mol. The van der Waals surface area contributed by atoms with Crippen molar-refractivity contribution in [2.45, 2.75) is 20.3 Å². The largest absolute Gasteiger partial charge is 0.395 e. The lowest BCUT2D eigenvalue weighted by atomic mass is 10.4. The van der Waals surface area contributed by atoms with Gasteiger partial charge in [0.05, 0.1) is 6.61 Å². The highest BCUT2D eigenvalue weighted by Crippen LogP contribution is 2.19. The highest BCUT2D eigenvalue weighted by molar-refractivity contribution is 5.58. The number of nitrogens with two attached hydrogens (primary N) is 1. The van der Waals surface area contributed by atoms with Crippen LogP contribution in [0.5, 0.6) is 0 Å². The van der Waals surface area contributed by atoms with Gasteiger partial charge < -0.3 is 20.7 Å². The average Bonchev–Trinajstić information content (AvgIpc) is 2.45. The van der Waals surface area contributed by atoms with E-state index in [0.717, 1.165) is 24.6 Å². The summed E-state index contributed by atoms with van der Waals surface area (Å²) in [6.07, 6.45) is 1.01. The number of nitrogens with zero attached hydrogens (tertiary/aromatic N) is 2. The van der Waals surface area contributed by atoms with Gasteiger partial charge in [-0.25, -0.2) is 4.98 Å². The second-order valence-electron chi connectivity index (χ2n) is 3.27. The van der Waals surface area contributed by atoms with Gasteiger partial charge >= 0.3 is 0 Å². The fourth-order valence-electron chi connectivity index (χ4n) is 1.45. The Balaban J connectivity index is 2.80. The number of nitrogen functional groups attached to an aromatic ring is 1. The van der Waals surface area contributed by atoms with Crippen LogP contribution >= 0.6 is 0 Å². The number of hydrogen-bond acceptors (Lipinski definition) is 4. The maximum Gasteiger partial charge on any atom is 0.171 e. The van der Waals surface area contributed by atoms with Gasteiger partial charge in [0.2, 0.25) is 0 Å². The molecule has 0 saturated carbocycles. The monoisotopic (exact) mass is 198 g/mol. The van der Waals surface area contributed by atoms with E-state index < -0.39 is 0 Å². The van der Waals surface area contributed by atoms with Crippen LogP contribution in [0.4, 0.5) is 11.6 Å². The molecule has 0 atom stereocenters. The molecule has 0 aliphatic rings. The third kappa shape index (κ3) is 2.38. The van der Waals surface area contributed by atoms with Gasteiger partial charge in [-0.1, -0.05) is 6.92 Å². The molecule has 0 amide bonds. The normalized spacial score (nSPS) is 10.5. The fraction of sp³-hybridized carbons (Fsp3) is 0.667. The first-order chi connectivity index (χ1) is 6.69. The lowest BCUT2D eigenvalue weighted by Crippen LogP contribution is -2.28. The second kappa shape index (κ2) is 4.85.